The standard InChI is InChI=1S/C19H23BrN6S/c1-24-8-10-25(11-9-24)18-22-23-19(27-18)26-7-3-6-17(26)14-21-13-15-4-2-5-16(20)12-15/h2-7,12,21H,8-11,13-14H2,1H3. The lowest BCUT2D eigenvalue weighted by Gasteiger charge is -2.31. The van der Waals surface area contributed by atoms with Gasteiger partial charge in [-0.05, 0) is 36.9 Å². The van der Waals surface area contributed by atoms with Gasteiger partial charge in [0.05, 0.1) is 0 Å². The van der Waals surface area contributed by atoms with E-state index in [0.29, 0.717) is 0 Å². The number of benzene rings is 1. The first-order chi connectivity index (χ1) is 13.2. The quantitative estimate of drug-likeness (QED) is 0.630. The maximum Gasteiger partial charge on any atom is 0.218 e. The maximum absolute atomic E-state index is 4.43. The van der Waals surface area contributed by atoms with Crippen LogP contribution in [-0.4, -0.2) is 52.9 Å². The first kappa shape index (κ1) is 18.6. The Morgan fingerprint density at radius 2 is 1.85 bits per heavy atom. The predicted octanol–water partition coefficient (Wildman–Crippen LogP) is 3.13. The largest absolute Gasteiger partial charge is 0.344 e. The van der Waals surface area contributed by atoms with E-state index in [1.807, 2.05) is 6.07 Å². The van der Waals surface area contributed by atoms with Crippen LogP contribution in [0.4, 0.5) is 5.13 Å². The maximum atomic E-state index is 4.43. The van der Waals surface area contributed by atoms with Crippen molar-refractivity contribution >= 4 is 32.4 Å². The number of likely N-dealkylation sites (N-methyl/N-ethyl adjacent to an activating group) is 1. The molecule has 1 saturated heterocycles. The fraction of sp³-hybridized carbons (Fsp3) is 0.368. The van der Waals surface area contributed by atoms with Crippen LogP contribution in [0.5, 0.6) is 0 Å². The molecule has 0 spiro atoms. The minimum absolute atomic E-state index is 0.781. The molecule has 8 heteroatoms. The van der Waals surface area contributed by atoms with E-state index in [0.717, 1.165) is 54.0 Å². The lowest BCUT2D eigenvalue weighted by molar-refractivity contribution is 0.312. The monoisotopic (exact) mass is 446 g/mol. The molecule has 0 unspecified atom stereocenters. The van der Waals surface area contributed by atoms with Crippen LogP contribution in [0, 0.1) is 0 Å². The lowest BCUT2D eigenvalue weighted by atomic mass is 10.2. The summed E-state index contributed by atoms with van der Waals surface area (Å²) in [7, 11) is 2.16. The highest BCUT2D eigenvalue weighted by molar-refractivity contribution is 9.10. The third-order valence-corrected chi connectivity index (χ3v) is 6.22. The average molecular weight is 447 g/mol. The molecule has 0 bridgehead atoms. The van der Waals surface area contributed by atoms with E-state index in [-0.39, 0.29) is 0 Å². The van der Waals surface area contributed by atoms with E-state index in [9.17, 15) is 0 Å². The number of halogens is 1. The zero-order chi connectivity index (χ0) is 18.6. The van der Waals surface area contributed by atoms with Gasteiger partial charge in [-0.25, -0.2) is 0 Å². The van der Waals surface area contributed by atoms with Crippen molar-refractivity contribution in [2.24, 2.45) is 0 Å². The van der Waals surface area contributed by atoms with Crippen LogP contribution in [0.1, 0.15) is 11.3 Å². The van der Waals surface area contributed by atoms with Crippen molar-refractivity contribution in [3.63, 3.8) is 0 Å². The molecule has 0 radical (unpaired) electrons. The average Bonchev–Trinajstić information content (AvgIpc) is 3.31. The topological polar surface area (TPSA) is 49.2 Å². The summed E-state index contributed by atoms with van der Waals surface area (Å²) in [6.45, 7) is 5.78. The predicted molar refractivity (Wildman–Crippen MR) is 114 cm³/mol. The van der Waals surface area contributed by atoms with E-state index < -0.39 is 0 Å². The second-order valence-corrected chi connectivity index (χ2v) is 8.61. The Hall–Kier alpha value is -1.74. The lowest BCUT2D eigenvalue weighted by Crippen LogP contribution is -2.44. The Morgan fingerprint density at radius 1 is 1.04 bits per heavy atom. The normalized spacial score (nSPS) is 15.4. The third-order valence-electron chi connectivity index (χ3n) is 4.74. The first-order valence-corrected chi connectivity index (χ1v) is 10.7. The molecule has 1 fully saturated rings. The van der Waals surface area contributed by atoms with Crippen molar-refractivity contribution in [2.75, 3.05) is 38.1 Å². The number of aromatic nitrogens is 3. The van der Waals surface area contributed by atoms with Crippen molar-refractivity contribution in [1.29, 1.82) is 0 Å². The van der Waals surface area contributed by atoms with E-state index >= 15 is 0 Å². The Labute approximate surface area is 171 Å². The van der Waals surface area contributed by atoms with Crippen molar-refractivity contribution < 1.29 is 0 Å². The number of anilines is 1. The number of hydrogen-bond acceptors (Lipinski definition) is 6. The molecule has 1 N–H and O–H groups in total. The summed E-state index contributed by atoms with van der Waals surface area (Å²) in [5.74, 6) is 0. The minimum atomic E-state index is 0.781. The van der Waals surface area contributed by atoms with Gasteiger partial charge < -0.3 is 15.1 Å². The van der Waals surface area contributed by atoms with Crippen LogP contribution in [-0.2, 0) is 13.1 Å². The van der Waals surface area contributed by atoms with Crippen LogP contribution in [0.3, 0.4) is 0 Å². The van der Waals surface area contributed by atoms with Gasteiger partial charge in [-0.3, -0.25) is 4.57 Å². The molecule has 6 nitrogen and oxygen atoms in total. The number of nitrogens with zero attached hydrogens (tertiary/aromatic N) is 5. The van der Waals surface area contributed by atoms with Crippen LogP contribution in [0.25, 0.3) is 5.13 Å². The number of hydrogen-bond donors (Lipinski definition) is 1. The Balaban J connectivity index is 1.40. The molecule has 1 aliphatic rings. The van der Waals surface area contributed by atoms with Crippen LogP contribution in [0.15, 0.2) is 47.1 Å². The molecule has 142 valence electrons. The van der Waals surface area contributed by atoms with Crippen molar-refractivity contribution in [3.8, 4) is 5.13 Å². The van der Waals surface area contributed by atoms with Gasteiger partial charge in [-0.15, -0.1) is 10.2 Å². The summed E-state index contributed by atoms with van der Waals surface area (Å²) < 4.78 is 3.24. The van der Waals surface area contributed by atoms with Gasteiger partial charge in [-0.2, -0.15) is 0 Å². The van der Waals surface area contributed by atoms with E-state index in [2.05, 4.69) is 89.4 Å². The Kier molecular flexibility index (Phi) is 5.87. The third kappa shape index (κ3) is 4.57. The van der Waals surface area contributed by atoms with Gasteiger partial charge in [0.1, 0.15) is 0 Å². The summed E-state index contributed by atoms with van der Waals surface area (Å²) in [5.41, 5.74) is 2.45. The molecule has 2 aromatic heterocycles. The van der Waals surface area contributed by atoms with Crippen LogP contribution < -0.4 is 10.2 Å². The summed E-state index contributed by atoms with van der Waals surface area (Å²) in [6, 6.07) is 12.6. The highest BCUT2D eigenvalue weighted by atomic mass is 79.9. The van der Waals surface area contributed by atoms with Crippen LogP contribution >= 0.6 is 27.3 Å². The number of piperazine rings is 1. The minimum Gasteiger partial charge on any atom is -0.344 e. The molecule has 1 aromatic carbocycles. The molecule has 4 rings (SSSR count). The van der Waals surface area contributed by atoms with Gasteiger partial charge in [-0.1, -0.05) is 39.4 Å². The number of rotatable bonds is 6. The van der Waals surface area contributed by atoms with Gasteiger partial charge in [0.15, 0.2) is 0 Å². The Morgan fingerprint density at radius 3 is 2.67 bits per heavy atom. The van der Waals surface area contributed by atoms with E-state index in [1.165, 1.54) is 11.3 Å². The molecule has 0 saturated carbocycles. The van der Waals surface area contributed by atoms with Gasteiger partial charge in [0.25, 0.3) is 0 Å². The molecule has 0 aliphatic carbocycles. The fourth-order valence-corrected chi connectivity index (χ4v) is 4.52. The molecule has 3 aromatic rings. The molecule has 3 heterocycles. The molecule has 0 atom stereocenters. The molecular weight excluding hydrogens is 424 g/mol. The first-order valence-electron chi connectivity index (χ1n) is 9.08. The summed E-state index contributed by atoms with van der Waals surface area (Å²) >= 11 is 5.18. The second kappa shape index (κ2) is 8.52. The fourth-order valence-electron chi connectivity index (χ4n) is 3.16. The molecular formula is C19H23BrN6S. The highest BCUT2D eigenvalue weighted by Crippen LogP contribution is 2.25. The zero-order valence-electron chi connectivity index (χ0n) is 15.3. The number of nitrogens with one attached hydrogen (secondary N) is 1. The summed E-state index contributed by atoms with van der Waals surface area (Å²) in [4.78, 5) is 4.68. The Bertz CT molecular complexity index is 884. The zero-order valence-corrected chi connectivity index (χ0v) is 17.7. The van der Waals surface area contributed by atoms with Gasteiger partial charge in [0, 0.05) is 55.6 Å². The second-order valence-electron chi connectivity index (χ2n) is 6.76. The molecule has 0 amide bonds. The van der Waals surface area contributed by atoms with Crippen molar-refractivity contribution in [3.05, 3.63) is 58.3 Å². The smallest absolute Gasteiger partial charge is 0.218 e. The molecule has 1 aliphatic heterocycles. The van der Waals surface area contributed by atoms with E-state index in [1.54, 1.807) is 11.3 Å². The van der Waals surface area contributed by atoms with Crippen molar-refractivity contribution in [1.82, 2.24) is 25.0 Å². The van der Waals surface area contributed by atoms with E-state index in [4.69, 9.17) is 0 Å². The van der Waals surface area contributed by atoms with Gasteiger partial charge >= 0.3 is 0 Å². The van der Waals surface area contributed by atoms with Crippen molar-refractivity contribution in [2.45, 2.75) is 13.1 Å². The summed E-state index contributed by atoms with van der Waals surface area (Å²) in [5, 5.41) is 14.3. The molecule has 27 heavy (non-hydrogen) atoms. The summed E-state index contributed by atoms with van der Waals surface area (Å²) in [6.07, 6.45) is 2.06. The highest BCUT2D eigenvalue weighted by Gasteiger charge is 2.18. The van der Waals surface area contributed by atoms with Gasteiger partial charge in [0.2, 0.25) is 10.3 Å². The SMILES string of the molecule is CN1CCN(c2nnc(-n3cccc3CNCc3cccc(Br)c3)s2)CC1. The van der Waals surface area contributed by atoms with Crippen LogP contribution in [0.2, 0.25) is 0 Å².